The summed E-state index contributed by atoms with van der Waals surface area (Å²) in [5.74, 6) is -0.785. The maximum absolute atomic E-state index is 10.9. The van der Waals surface area contributed by atoms with Crippen molar-refractivity contribution in [3.8, 4) is 6.07 Å². The number of carboxylic acids is 1. The molecule has 0 spiro atoms. The van der Waals surface area contributed by atoms with E-state index >= 15 is 0 Å². The second-order valence-electron chi connectivity index (χ2n) is 4.36. The number of benzene rings is 1. The molecule has 0 unspecified atom stereocenters. The molecule has 0 radical (unpaired) electrons. The number of aliphatic carboxylic acids is 1. The summed E-state index contributed by atoms with van der Waals surface area (Å²) in [5.41, 5.74) is 1.23. The molecule has 1 fully saturated rings. The van der Waals surface area contributed by atoms with Crippen molar-refractivity contribution in [2.45, 2.75) is 31.1 Å². The number of rotatable bonds is 3. The molecule has 0 atom stereocenters. The Morgan fingerprint density at radius 3 is 2.62 bits per heavy atom. The van der Waals surface area contributed by atoms with Crippen LogP contribution >= 0.6 is 0 Å². The maximum Gasteiger partial charge on any atom is 0.304 e. The summed E-state index contributed by atoms with van der Waals surface area (Å²) in [7, 11) is 0. The Morgan fingerprint density at radius 1 is 1.44 bits per heavy atom. The highest BCUT2D eigenvalue weighted by atomic mass is 16.4. The van der Waals surface area contributed by atoms with E-state index in [9.17, 15) is 4.79 Å². The topological polar surface area (TPSA) is 61.1 Å². The average molecular weight is 215 g/mol. The van der Waals surface area contributed by atoms with E-state index in [2.05, 4.69) is 6.07 Å². The molecular formula is C13H13NO2. The first-order valence-corrected chi connectivity index (χ1v) is 5.39. The van der Waals surface area contributed by atoms with E-state index in [1.54, 1.807) is 6.07 Å². The largest absolute Gasteiger partial charge is 0.481 e. The van der Waals surface area contributed by atoms with Crippen molar-refractivity contribution in [2.24, 2.45) is 0 Å². The lowest BCUT2D eigenvalue weighted by atomic mass is 9.61. The predicted molar refractivity (Wildman–Crippen MR) is 58.9 cm³/mol. The van der Waals surface area contributed by atoms with Crippen LogP contribution in [-0.4, -0.2) is 11.1 Å². The Hall–Kier alpha value is -1.82. The molecule has 1 N–H and O–H groups in total. The normalized spacial score (nSPS) is 17.2. The standard InChI is InChI=1S/C13H13NO2/c14-9-10-4-1-2-5-11(10)13(6-3-7-13)8-12(15)16/h1-2,4-5H,3,6-8H2,(H,15,16). The van der Waals surface area contributed by atoms with Gasteiger partial charge in [-0.1, -0.05) is 24.6 Å². The minimum absolute atomic E-state index is 0.131. The van der Waals surface area contributed by atoms with E-state index in [4.69, 9.17) is 10.4 Å². The number of nitriles is 1. The third kappa shape index (κ3) is 1.67. The fourth-order valence-corrected chi connectivity index (χ4v) is 2.48. The molecule has 2 rings (SSSR count). The first-order valence-electron chi connectivity index (χ1n) is 5.39. The van der Waals surface area contributed by atoms with Crippen molar-refractivity contribution < 1.29 is 9.90 Å². The zero-order chi connectivity index (χ0) is 11.6. The van der Waals surface area contributed by atoms with Gasteiger partial charge in [-0.2, -0.15) is 5.26 Å². The third-order valence-electron chi connectivity index (χ3n) is 3.42. The minimum atomic E-state index is -0.785. The van der Waals surface area contributed by atoms with Gasteiger partial charge in [0.15, 0.2) is 0 Å². The molecule has 1 aliphatic rings. The summed E-state index contributed by atoms with van der Waals surface area (Å²) in [6.45, 7) is 0. The van der Waals surface area contributed by atoms with Crippen molar-refractivity contribution in [1.29, 1.82) is 5.26 Å². The number of hydrogen-bond acceptors (Lipinski definition) is 2. The van der Waals surface area contributed by atoms with E-state index in [0.717, 1.165) is 24.8 Å². The molecule has 0 heterocycles. The van der Waals surface area contributed by atoms with Crippen LogP contribution in [0.3, 0.4) is 0 Å². The number of carbonyl (C=O) groups is 1. The Kier molecular flexibility index (Phi) is 2.66. The molecule has 0 aliphatic heterocycles. The molecular weight excluding hydrogens is 202 g/mol. The molecule has 1 saturated carbocycles. The van der Waals surface area contributed by atoms with Gasteiger partial charge in [0.2, 0.25) is 0 Å². The molecule has 1 aromatic rings. The van der Waals surface area contributed by atoms with Crippen LogP contribution in [0, 0.1) is 11.3 Å². The van der Waals surface area contributed by atoms with Crippen molar-refractivity contribution in [3.05, 3.63) is 35.4 Å². The zero-order valence-corrected chi connectivity index (χ0v) is 8.94. The molecule has 0 saturated heterocycles. The Morgan fingerprint density at radius 2 is 2.12 bits per heavy atom. The molecule has 3 nitrogen and oxygen atoms in total. The van der Waals surface area contributed by atoms with Crippen LogP contribution in [0.4, 0.5) is 0 Å². The molecule has 1 aliphatic carbocycles. The van der Waals surface area contributed by atoms with Gasteiger partial charge in [0.1, 0.15) is 0 Å². The molecule has 0 bridgehead atoms. The maximum atomic E-state index is 10.9. The monoisotopic (exact) mass is 215 g/mol. The van der Waals surface area contributed by atoms with E-state index in [-0.39, 0.29) is 11.8 Å². The smallest absolute Gasteiger partial charge is 0.304 e. The molecule has 0 amide bonds. The molecule has 3 heteroatoms. The van der Waals surface area contributed by atoms with E-state index in [0.29, 0.717) is 5.56 Å². The molecule has 82 valence electrons. The molecule has 16 heavy (non-hydrogen) atoms. The van der Waals surface area contributed by atoms with Gasteiger partial charge in [-0.15, -0.1) is 0 Å². The summed E-state index contributed by atoms with van der Waals surface area (Å²) in [5, 5.41) is 18.0. The lowest BCUT2D eigenvalue weighted by Crippen LogP contribution is -2.37. The van der Waals surface area contributed by atoms with Gasteiger partial charge in [-0.25, -0.2) is 0 Å². The van der Waals surface area contributed by atoms with Crippen molar-refractivity contribution in [3.63, 3.8) is 0 Å². The summed E-state index contributed by atoms with van der Waals surface area (Å²) in [6.07, 6.45) is 2.93. The molecule has 1 aromatic carbocycles. The van der Waals surface area contributed by atoms with Crippen molar-refractivity contribution >= 4 is 5.97 Å². The first kappa shape index (κ1) is 10.7. The van der Waals surface area contributed by atoms with Crippen molar-refractivity contribution in [2.75, 3.05) is 0 Å². The van der Waals surface area contributed by atoms with Crippen LogP contribution in [0.25, 0.3) is 0 Å². The van der Waals surface area contributed by atoms with Crippen LogP contribution in [0.1, 0.15) is 36.8 Å². The zero-order valence-electron chi connectivity index (χ0n) is 8.94. The summed E-state index contributed by atoms with van der Waals surface area (Å²) in [6, 6.07) is 9.49. The highest BCUT2D eigenvalue weighted by molar-refractivity contribution is 5.70. The van der Waals surface area contributed by atoms with Gasteiger partial charge in [-0.05, 0) is 24.5 Å². The van der Waals surface area contributed by atoms with E-state index in [1.165, 1.54) is 0 Å². The second kappa shape index (κ2) is 3.97. The van der Waals surface area contributed by atoms with Crippen LogP contribution in [0.2, 0.25) is 0 Å². The average Bonchev–Trinajstić information content (AvgIpc) is 2.23. The van der Waals surface area contributed by atoms with Gasteiger partial charge < -0.3 is 5.11 Å². The van der Waals surface area contributed by atoms with Crippen LogP contribution in [0.5, 0.6) is 0 Å². The number of hydrogen-bond donors (Lipinski definition) is 1. The van der Waals surface area contributed by atoms with Gasteiger partial charge in [0.05, 0.1) is 18.1 Å². The van der Waals surface area contributed by atoms with Gasteiger partial charge in [0, 0.05) is 5.41 Å². The van der Waals surface area contributed by atoms with Crippen molar-refractivity contribution in [1.82, 2.24) is 0 Å². The first-order chi connectivity index (χ1) is 7.68. The highest BCUT2D eigenvalue weighted by Crippen LogP contribution is 2.47. The Labute approximate surface area is 94.3 Å². The number of nitrogens with zero attached hydrogens (tertiary/aromatic N) is 1. The number of carboxylic acid groups (broad SMARTS) is 1. The van der Waals surface area contributed by atoms with Gasteiger partial charge in [0.25, 0.3) is 0 Å². The quantitative estimate of drug-likeness (QED) is 0.842. The predicted octanol–water partition coefficient (Wildman–Crippen LogP) is 2.45. The fourth-order valence-electron chi connectivity index (χ4n) is 2.48. The summed E-state index contributed by atoms with van der Waals surface area (Å²) < 4.78 is 0. The van der Waals surface area contributed by atoms with Crippen LogP contribution in [-0.2, 0) is 10.2 Å². The van der Waals surface area contributed by atoms with E-state index < -0.39 is 5.97 Å². The van der Waals surface area contributed by atoms with Crippen LogP contribution in [0.15, 0.2) is 24.3 Å². The Bertz CT molecular complexity index is 455. The van der Waals surface area contributed by atoms with Gasteiger partial charge >= 0.3 is 5.97 Å². The summed E-state index contributed by atoms with van der Waals surface area (Å²) in [4.78, 5) is 10.9. The summed E-state index contributed by atoms with van der Waals surface area (Å²) >= 11 is 0. The highest BCUT2D eigenvalue weighted by Gasteiger charge is 2.41. The van der Waals surface area contributed by atoms with Crippen LogP contribution < -0.4 is 0 Å². The molecule has 0 aromatic heterocycles. The fraction of sp³-hybridized carbons (Fsp3) is 0.385. The SMILES string of the molecule is N#Cc1ccccc1C1(CC(=O)O)CCC1. The lowest BCUT2D eigenvalue weighted by Gasteiger charge is -2.41. The second-order valence-corrected chi connectivity index (χ2v) is 4.36. The Balaban J connectivity index is 2.41. The minimum Gasteiger partial charge on any atom is -0.481 e. The van der Waals surface area contributed by atoms with Gasteiger partial charge in [-0.3, -0.25) is 4.79 Å². The van der Waals surface area contributed by atoms with E-state index in [1.807, 2.05) is 18.2 Å². The lowest BCUT2D eigenvalue weighted by molar-refractivity contribution is -0.139. The third-order valence-corrected chi connectivity index (χ3v) is 3.42.